The number of hydrogen-bond donors (Lipinski definition) is 0. The second-order valence-corrected chi connectivity index (χ2v) is 2.42. The van der Waals surface area contributed by atoms with Crippen LogP contribution in [0, 0.1) is 0 Å². The van der Waals surface area contributed by atoms with Crippen molar-refractivity contribution in [1.29, 1.82) is 0 Å². The molecule has 0 atom stereocenters. The minimum absolute atomic E-state index is 0.824. The van der Waals surface area contributed by atoms with Gasteiger partial charge in [0.1, 0.15) is 0 Å². The monoisotopic (exact) mass is 148 g/mol. The summed E-state index contributed by atoms with van der Waals surface area (Å²) in [5.74, 6) is 0. The SMILES string of the molecule is C=CN(C)Cc1ccccn1. The first kappa shape index (κ1) is 7.79. The van der Waals surface area contributed by atoms with Crippen LogP contribution in [0.1, 0.15) is 5.69 Å². The Kier molecular flexibility index (Phi) is 2.66. The van der Waals surface area contributed by atoms with Crippen LogP contribution in [0.25, 0.3) is 0 Å². The lowest BCUT2D eigenvalue weighted by atomic mass is 10.3. The van der Waals surface area contributed by atoms with Gasteiger partial charge in [-0.15, -0.1) is 0 Å². The van der Waals surface area contributed by atoms with Gasteiger partial charge in [0.15, 0.2) is 0 Å². The zero-order valence-electron chi connectivity index (χ0n) is 6.70. The fourth-order valence-electron chi connectivity index (χ4n) is 0.812. The van der Waals surface area contributed by atoms with Crippen molar-refractivity contribution in [1.82, 2.24) is 9.88 Å². The van der Waals surface area contributed by atoms with Gasteiger partial charge in [0, 0.05) is 13.2 Å². The van der Waals surface area contributed by atoms with Gasteiger partial charge in [0.2, 0.25) is 0 Å². The van der Waals surface area contributed by atoms with E-state index in [-0.39, 0.29) is 0 Å². The topological polar surface area (TPSA) is 16.1 Å². The predicted octanol–water partition coefficient (Wildman–Crippen LogP) is 1.66. The summed E-state index contributed by atoms with van der Waals surface area (Å²) in [6, 6.07) is 5.90. The third-order valence-electron chi connectivity index (χ3n) is 1.45. The first-order chi connectivity index (χ1) is 5.33. The molecule has 0 N–H and O–H groups in total. The largest absolute Gasteiger partial charge is 0.375 e. The lowest BCUT2D eigenvalue weighted by molar-refractivity contribution is 0.445. The van der Waals surface area contributed by atoms with Crippen molar-refractivity contribution in [3.8, 4) is 0 Å². The number of aromatic nitrogens is 1. The molecule has 0 aliphatic heterocycles. The number of pyridine rings is 1. The smallest absolute Gasteiger partial charge is 0.0596 e. The summed E-state index contributed by atoms with van der Waals surface area (Å²) in [6.45, 7) is 4.48. The molecule has 1 heterocycles. The van der Waals surface area contributed by atoms with E-state index in [0.717, 1.165) is 12.2 Å². The highest BCUT2D eigenvalue weighted by Gasteiger charge is 1.93. The maximum absolute atomic E-state index is 4.18. The zero-order chi connectivity index (χ0) is 8.10. The summed E-state index contributed by atoms with van der Waals surface area (Å²) in [5.41, 5.74) is 1.06. The summed E-state index contributed by atoms with van der Waals surface area (Å²) >= 11 is 0. The van der Waals surface area contributed by atoms with E-state index in [1.807, 2.05) is 30.1 Å². The Hall–Kier alpha value is -1.31. The molecule has 0 amide bonds. The fraction of sp³-hybridized carbons (Fsp3) is 0.222. The third kappa shape index (κ3) is 2.42. The maximum atomic E-state index is 4.18. The summed E-state index contributed by atoms with van der Waals surface area (Å²) < 4.78 is 0. The van der Waals surface area contributed by atoms with Crippen molar-refractivity contribution in [2.75, 3.05) is 7.05 Å². The molecule has 0 radical (unpaired) electrons. The normalized spacial score (nSPS) is 9.18. The summed E-state index contributed by atoms with van der Waals surface area (Å²) in [5, 5.41) is 0. The molecule has 58 valence electrons. The van der Waals surface area contributed by atoms with E-state index in [0.29, 0.717) is 0 Å². The molecule has 2 nitrogen and oxygen atoms in total. The summed E-state index contributed by atoms with van der Waals surface area (Å²) in [4.78, 5) is 6.17. The lowest BCUT2D eigenvalue weighted by Gasteiger charge is -2.11. The summed E-state index contributed by atoms with van der Waals surface area (Å²) in [6.07, 6.45) is 3.58. The lowest BCUT2D eigenvalue weighted by Crippen LogP contribution is -2.09. The molecule has 0 fully saturated rings. The van der Waals surface area contributed by atoms with Crippen LogP contribution >= 0.6 is 0 Å². The quantitative estimate of drug-likeness (QED) is 0.648. The molecule has 0 bridgehead atoms. The molecule has 0 spiro atoms. The molecule has 0 aliphatic carbocycles. The molecule has 0 unspecified atom stereocenters. The molecule has 1 rings (SSSR count). The van der Waals surface area contributed by atoms with Gasteiger partial charge in [-0.1, -0.05) is 12.6 Å². The van der Waals surface area contributed by atoms with Gasteiger partial charge >= 0.3 is 0 Å². The molecule has 0 aliphatic rings. The average Bonchev–Trinajstić information content (AvgIpc) is 2.06. The van der Waals surface area contributed by atoms with Gasteiger partial charge in [-0.2, -0.15) is 0 Å². The third-order valence-corrected chi connectivity index (χ3v) is 1.45. The molecule has 0 saturated heterocycles. The molecule has 1 aromatic rings. The second kappa shape index (κ2) is 3.76. The van der Waals surface area contributed by atoms with Gasteiger partial charge in [0.05, 0.1) is 12.2 Å². The van der Waals surface area contributed by atoms with Crippen LogP contribution in [0.3, 0.4) is 0 Å². The van der Waals surface area contributed by atoms with Gasteiger partial charge in [0.25, 0.3) is 0 Å². The highest BCUT2D eigenvalue weighted by atomic mass is 15.1. The Balaban J connectivity index is 2.57. The first-order valence-corrected chi connectivity index (χ1v) is 3.55. The maximum Gasteiger partial charge on any atom is 0.0596 e. The zero-order valence-corrected chi connectivity index (χ0v) is 6.70. The fourth-order valence-corrected chi connectivity index (χ4v) is 0.812. The van der Waals surface area contributed by atoms with E-state index in [1.54, 1.807) is 12.4 Å². The number of hydrogen-bond acceptors (Lipinski definition) is 2. The van der Waals surface area contributed by atoms with Crippen LogP contribution in [0.15, 0.2) is 37.2 Å². The molecule has 0 aromatic carbocycles. The Morgan fingerprint density at radius 1 is 1.64 bits per heavy atom. The predicted molar refractivity (Wildman–Crippen MR) is 45.9 cm³/mol. The molecular weight excluding hydrogens is 136 g/mol. The highest BCUT2D eigenvalue weighted by Crippen LogP contribution is 1.97. The number of rotatable bonds is 3. The van der Waals surface area contributed by atoms with Crippen LogP contribution in [-0.2, 0) is 6.54 Å². The van der Waals surface area contributed by atoms with Crippen molar-refractivity contribution in [2.24, 2.45) is 0 Å². The van der Waals surface area contributed by atoms with E-state index < -0.39 is 0 Å². The van der Waals surface area contributed by atoms with Gasteiger partial charge in [-0.3, -0.25) is 4.98 Å². The van der Waals surface area contributed by atoms with Crippen molar-refractivity contribution in [2.45, 2.75) is 6.54 Å². The molecule has 11 heavy (non-hydrogen) atoms. The van der Waals surface area contributed by atoms with Crippen molar-refractivity contribution >= 4 is 0 Å². The molecule has 0 saturated carbocycles. The van der Waals surface area contributed by atoms with Crippen LogP contribution < -0.4 is 0 Å². The van der Waals surface area contributed by atoms with Crippen LogP contribution in [0.2, 0.25) is 0 Å². The Morgan fingerprint density at radius 3 is 3.00 bits per heavy atom. The van der Waals surface area contributed by atoms with E-state index in [2.05, 4.69) is 11.6 Å². The summed E-state index contributed by atoms with van der Waals surface area (Å²) in [7, 11) is 1.97. The van der Waals surface area contributed by atoms with Crippen LogP contribution in [0.4, 0.5) is 0 Å². The van der Waals surface area contributed by atoms with Crippen molar-refractivity contribution in [3.63, 3.8) is 0 Å². The van der Waals surface area contributed by atoms with E-state index in [9.17, 15) is 0 Å². The Bertz CT molecular complexity index is 218. The van der Waals surface area contributed by atoms with Gasteiger partial charge in [-0.05, 0) is 18.3 Å². The van der Waals surface area contributed by atoms with Crippen LogP contribution in [-0.4, -0.2) is 16.9 Å². The van der Waals surface area contributed by atoms with Crippen LogP contribution in [0.5, 0.6) is 0 Å². The minimum atomic E-state index is 0.824. The number of nitrogens with zero attached hydrogens (tertiary/aromatic N) is 2. The van der Waals surface area contributed by atoms with Gasteiger partial charge < -0.3 is 4.90 Å². The highest BCUT2D eigenvalue weighted by molar-refractivity contribution is 5.03. The Morgan fingerprint density at radius 2 is 2.45 bits per heavy atom. The van der Waals surface area contributed by atoms with Crippen molar-refractivity contribution < 1.29 is 0 Å². The minimum Gasteiger partial charge on any atom is -0.375 e. The van der Waals surface area contributed by atoms with E-state index in [1.165, 1.54) is 0 Å². The molecular formula is C9H12N2. The van der Waals surface area contributed by atoms with E-state index in [4.69, 9.17) is 0 Å². The standard InChI is InChI=1S/C9H12N2/c1-3-11(2)8-9-6-4-5-7-10-9/h3-7H,1,8H2,2H3. The van der Waals surface area contributed by atoms with Gasteiger partial charge in [-0.25, -0.2) is 0 Å². The average molecular weight is 148 g/mol. The van der Waals surface area contributed by atoms with Crippen molar-refractivity contribution in [3.05, 3.63) is 42.9 Å². The van der Waals surface area contributed by atoms with E-state index >= 15 is 0 Å². The first-order valence-electron chi connectivity index (χ1n) is 3.55. The molecule has 1 aromatic heterocycles. The molecule has 2 heteroatoms. The second-order valence-electron chi connectivity index (χ2n) is 2.42. The Labute approximate surface area is 67.2 Å².